The molecule has 0 aromatic carbocycles. The average molecular weight is 249 g/mol. The van der Waals surface area contributed by atoms with Crippen LogP contribution in [-0.4, -0.2) is 22.7 Å². The van der Waals surface area contributed by atoms with Gasteiger partial charge < -0.3 is 9.84 Å². The molecule has 98 valence electrons. The van der Waals surface area contributed by atoms with Gasteiger partial charge in [0.1, 0.15) is 5.69 Å². The summed E-state index contributed by atoms with van der Waals surface area (Å²) >= 11 is 0. The van der Waals surface area contributed by atoms with Crippen molar-refractivity contribution in [3.05, 3.63) is 29.6 Å². The van der Waals surface area contributed by atoms with Crippen LogP contribution < -0.4 is 0 Å². The second kappa shape index (κ2) is 6.50. The summed E-state index contributed by atoms with van der Waals surface area (Å²) in [6.07, 6.45) is 8.01. The second-order valence-corrected chi connectivity index (χ2v) is 4.87. The molecule has 1 aromatic rings. The Labute approximate surface area is 107 Å². The summed E-state index contributed by atoms with van der Waals surface area (Å²) in [4.78, 5) is 14.6. The highest BCUT2D eigenvalue weighted by Crippen LogP contribution is 2.23. The van der Waals surface area contributed by atoms with E-state index in [2.05, 4.69) is 4.98 Å². The van der Waals surface area contributed by atoms with Gasteiger partial charge in [-0.1, -0.05) is 19.3 Å². The lowest BCUT2D eigenvalue weighted by Gasteiger charge is -2.21. The SMILES string of the molecule is O=C(O)c1cc(COCC2CCCCC2)ccn1. The first-order valence-electron chi connectivity index (χ1n) is 6.51. The van der Waals surface area contributed by atoms with Crippen molar-refractivity contribution in [2.75, 3.05) is 6.61 Å². The number of ether oxygens (including phenoxy) is 1. The summed E-state index contributed by atoms with van der Waals surface area (Å²) in [5.74, 6) is -0.316. The zero-order valence-corrected chi connectivity index (χ0v) is 10.5. The maximum absolute atomic E-state index is 10.8. The summed E-state index contributed by atoms with van der Waals surface area (Å²) in [5, 5.41) is 8.84. The van der Waals surface area contributed by atoms with E-state index < -0.39 is 5.97 Å². The molecule has 2 rings (SSSR count). The molecule has 1 aromatic heterocycles. The van der Waals surface area contributed by atoms with Crippen molar-refractivity contribution in [2.24, 2.45) is 5.92 Å². The van der Waals surface area contributed by atoms with E-state index in [1.54, 1.807) is 12.1 Å². The fourth-order valence-electron chi connectivity index (χ4n) is 2.38. The molecule has 1 fully saturated rings. The Balaban J connectivity index is 1.78. The van der Waals surface area contributed by atoms with Crippen LogP contribution in [0.15, 0.2) is 18.3 Å². The van der Waals surface area contributed by atoms with Crippen molar-refractivity contribution < 1.29 is 14.6 Å². The predicted octanol–water partition coefficient (Wildman–Crippen LogP) is 2.88. The van der Waals surface area contributed by atoms with E-state index in [9.17, 15) is 4.79 Å². The van der Waals surface area contributed by atoms with Gasteiger partial charge in [0.15, 0.2) is 0 Å². The van der Waals surface area contributed by atoms with E-state index in [1.165, 1.54) is 38.3 Å². The van der Waals surface area contributed by atoms with Gasteiger partial charge in [-0.05, 0) is 36.5 Å². The first kappa shape index (κ1) is 13.0. The van der Waals surface area contributed by atoms with Gasteiger partial charge in [0, 0.05) is 12.8 Å². The molecule has 1 saturated carbocycles. The monoisotopic (exact) mass is 249 g/mol. The summed E-state index contributed by atoms with van der Waals surface area (Å²) in [7, 11) is 0. The van der Waals surface area contributed by atoms with Gasteiger partial charge in [0.2, 0.25) is 0 Å². The van der Waals surface area contributed by atoms with Crippen LogP contribution in [0, 0.1) is 5.92 Å². The Bertz CT molecular complexity index is 400. The number of nitrogens with zero attached hydrogens (tertiary/aromatic N) is 1. The molecule has 18 heavy (non-hydrogen) atoms. The molecule has 0 unspecified atom stereocenters. The third kappa shape index (κ3) is 3.81. The minimum Gasteiger partial charge on any atom is -0.477 e. The molecule has 1 N–H and O–H groups in total. The van der Waals surface area contributed by atoms with E-state index in [-0.39, 0.29) is 5.69 Å². The number of carbonyl (C=O) groups is 1. The highest BCUT2D eigenvalue weighted by Gasteiger charge is 2.13. The molecular formula is C14H19NO3. The number of aromatic nitrogens is 1. The van der Waals surface area contributed by atoms with Crippen molar-refractivity contribution in [3.8, 4) is 0 Å². The minimum atomic E-state index is -0.996. The number of carboxylic acid groups (broad SMARTS) is 1. The second-order valence-electron chi connectivity index (χ2n) is 4.87. The number of aromatic carboxylic acids is 1. The average Bonchev–Trinajstić information content (AvgIpc) is 2.40. The molecule has 4 heteroatoms. The first-order valence-corrected chi connectivity index (χ1v) is 6.51. The van der Waals surface area contributed by atoms with Crippen molar-refractivity contribution in [1.29, 1.82) is 0 Å². The van der Waals surface area contributed by atoms with Crippen LogP contribution in [0.3, 0.4) is 0 Å². The molecule has 1 aliphatic rings. The summed E-state index contributed by atoms with van der Waals surface area (Å²) in [6, 6.07) is 3.37. The molecule has 0 saturated heterocycles. The van der Waals surface area contributed by atoms with Crippen LogP contribution in [0.4, 0.5) is 0 Å². The number of hydrogen-bond acceptors (Lipinski definition) is 3. The molecule has 1 heterocycles. The molecule has 1 aliphatic carbocycles. The van der Waals surface area contributed by atoms with E-state index in [1.807, 2.05) is 0 Å². The smallest absolute Gasteiger partial charge is 0.354 e. The predicted molar refractivity (Wildman–Crippen MR) is 67.4 cm³/mol. The van der Waals surface area contributed by atoms with Crippen LogP contribution in [0.2, 0.25) is 0 Å². The standard InChI is InChI=1S/C14H19NO3/c16-14(17)13-8-12(6-7-15-13)10-18-9-11-4-2-1-3-5-11/h6-8,11H,1-5,9-10H2,(H,16,17). The zero-order chi connectivity index (χ0) is 12.8. The van der Waals surface area contributed by atoms with E-state index in [0.717, 1.165) is 12.2 Å². The van der Waals surface area contributed by atoms with Gasteiger partial charge in [-0.15, -0.1) is 0 Å². The van der Waals surface area contributed by atoms with Crippen LogP contribution >= 0.6 is 0 Å². The van der Waals surface area contributed by atoms with Gasteiger partial charge in [0.25, 0.3) is 0 Å². The van der Waals surface area contributed by atoms with Gasteiger partial charge in [-0.3, -0.25) is 0 Å². The number of hydrogen-bond donors (Lipinski definition) is 1. The molecule has 4 nitrogen and oxygen atoms in total. The van der Waals surface area contributed by atoms with Crippen LogP contribution in [-0.2, 0) is 11.3 Å². The highest BCUT2D eigenvalue weighted by atomic mass is 16.5. The Morgan fingerprint density at radius 2 is 2.17 bits per heavy atom. The van der Waals surface area contributed by atoms with Crippen molar-refractivity contribution >= 4 is 5.97 Å². The number of pyridine rings is 1. The fraction of sp³-hybridized carbons (Fsp3) is 0.571. The maximum Gasteiger partial charge on any atom is 0.354 e. The molecule has 0 aliphatic heterocycles. The Kier molecular flexibility index (Phi) is 4.70. The molecule has 0 bridgehead atoms. The topological polar surface area (TPSA) is 59.4 Å². The molecule has 0 radical (unpaired) electrons. The van der Waals surface area contributed by atoms with Gasteiger partial charge in [0.05, 0.1) is 6.61 Å². The Hall–Kier alpha value is -1.42. The highest BCUT2D eigenvalue weighted by molar-refractivity contribution is 5.85. The molecule has 0 spiro atoms. The first-order chi connectivity index (χ1) is 8.75. The van der Waals surface area contributed by atoms with Crippen molar-refractivity contribution in [1.82, 2.24) is 4.98 Å². The van der Waals surface area contributed by atoms with E-state index >= 15 is 0 Å². The minimum absolute atomic E-state index is 0.0776. The lowest BCUT2D eigenvalue weighted by molar-refractivity contribution is 0.0685. The van der Waals surface area contributed by atoms with Gasteiger partial charge in [-0.25, -0.2) is 9.78 Å². The lowest BCUT2D eigenvalue weighted by Crippen LogP contribution is -2.13. The summed E-state index contributed by atoms with van der Waals surface area (Å²) in [5.41, 5.74) is 0.951. The third-order valence-electron chi connectivity index (χ3n) is 3.39. The number of carboxylic acids is 1. The fourth-order valence-corrected chi connectivity index (χ4v) is 2.38. The van der Waals surface area contributed by atoms with Gasteiger partial charge >= 0.3 is 5.97 Å². The molecule has 0 atom stereocenters. The van der Waals surface area contributed by atoms with Crippen molar-refractivity contribution in [2.45, 2.75) is 38.7 Å². The van der Waals surface area contributed by atoms with Crippen LogP contribution in [0.5, 0.6) is 0 Å². The largest absolute Gasteiger partial charge is 0.477 e. The quantitative estimate of drug-likeness (QED) is 0.871. The Morgan fingerprint density at radius 1 is 1.39 bits per heavy atom. The molecular weight excluding hydrogens is 230 g/mol. The van der Waals surface area contributed by atoms with Crippen LogP contribution in [0.25, 0.3) is 0 Å². The Morgan fingerprint density at radius 3 is 2.89 bits per heavy atom. The van der Waals surface area contributed by atoms with E-state index in [0.29, 0.717) is 12.5 Å². The molecule has 0 amide bonds. The summed E-state index contributed by atoms with van der Waals surface area (Å²) < 4.78 is 5.67. The van der Waals surface area contributed by atoms with Gasteiger partial charge in [-0.2, -0.15) is 0 Å². The van der Waals surface area contributed by atoms with Crippen molar-refractivity contribution in [3.63, 3.8) is 0 Å². The third-order valence-corrected chi connectivity index (χ3v) is 3.39. The zero-order valence-electron chi connectivity index (χ0n) is 10.5. The van der Waals surface area contributed by atoms with Crippen LogP contribution in [0.1, 0.15) is 48.2 Å². The lowest BCUT2D eigenvalue weighted by atomic mass is 9.90. The van der Waals surface area contributed by atoms with E-state index in [4.69, 9.17) is 9.84 Å². The normalized spacial score (nSPS) is 16.7. The number of rotatable bonds is 5. The summed E-state index contributed by atoms with van der Waals surface area (Å²) in [6.45, 7) is 1.25. The maximum atomic E-state index is 10.8.